The fourth-order valence-corrected chi connectivity index (χ4v) is 3.27. The molecule has 120 valence electrons. The molecule has 3 aromatic rings. The molecule has 0 unspecified atom stereocenters. The van der Waals surface area contributed by atoms with Crippen LogP contribution in [0.2, 0.25) is 0 Å². The summed E-state index contributed by atoms with van der Waals surface area (Å²) in [6.07, 6.45) is 5.70. The Morgan fingerprint density at radius 3 is 1.84 bits per heavy atom. The number of benzene rings is 3. The first-order valence-corrected chi connectivity index (χ1v) is 8.06. The number of nitro groups is 1. The van der Waals surface area contributed by atoms with Crippen LogP contribution in [-0.2, 0) is 0 Å². The highest BCUT2D eigenvalue weighted by atomic mass is 16.6. The first kappa shape index (κ1) is 15.1. The lowest BCUT2D eigenvalue weighted by molar-refractivity contribution is -0.385. The summed E-state index contributed by atoms with van der Waals surface area (Å²) in [4.78, 5) is 10.8. The molecule has 0 saturated heterocycles. The van der Waals surface area contributed by atoms with E-state index in [0.29, 0.717) is 5.56 Å². The van der Waals surface area contributed by atoms with Crippen LogP contribution in [0.3, 0.4) is 0 Å². The van der Waals surface area contributed by atoms with Crippen LogP contribution in [0.15, 0.2) is 84.9 Å². The Morgan fingerprint density at radius 2 is 1.24 bits per heavy atom. The number of nitrogens with zero attached hydrogens (tertiary/aromatic N) is 1. The lowest BCUT2D eigenvalue weighted by atomic mass is 10.0. The maximum atomic E-state index is 11.1. The molecule has 1 aliphatic carbocycles. The molecule has 1 aliphatic rings. The first-order chi connectivity index (χ1) is 12.3. The van der Waals surface area contributed by atoms with Crippen LogP contribution in [0.25, 0.3) is 22.8 Å². The van der Waals surface area contributed by atoms with Gasteiger partial charge in [-0.05, 0) is 40.0 Å². The van der Waals surface area contributed by atoms with Crippen LogP contribution in [-0.4, -0.2) is 4.92 Å². The molecule has 3 aromatic carbocycles. The summed E-state index contributed by atoms with van der Waals surface area (Å²) in [6, 6.07) is 23.4. The molecule has 0 bridgehead atoms. The average molecular weight is 325 g/mol. The van der Waals surface area contributed by atoms with Gasteiger partial charge in [0.25, 0.3) is 5.69 Å². The van der Waals surface area contributed by atoms with E-state index in [1.165, 1.54) is 28.3 Å². The van der Waals surface area contributed by atoms with Crippen LogP contribution < -0.4 is 0 Å². The molecule has 3 heteroatoms. The predicted molar refractivity (Wildman–Crippen MR) is 101 cm³/mol. The van der Waals surface area contributed by atoms with Gasteiger partial charge in [0, 0.05) is 6.07 Å². The summed E-state index contributed by atoms with van der Waals surface area (Å²) in [5.41, 5.74) is 6.69. The maximum absolute atomic E-state index is 11.1. The van der Waals surface area contributed by atoms with E-state index >= 15 is 0 Å². The van der Waals surface area contributed by atoms with E-state index in [1.54, 1.807) is 24.3 Å². The van der Waals surface area contributed by atoms with Crippen molar-refractivity contribution in [2.45, 2.75) is 0 Å². The van der Waals surface area contributed by atoms with Gasteiger partial charge in [-0.1, -0.05) is 72.8 Å². The van der Waals surface area contributed by atoms with Gasteiger partial charge in [-0.25, -0.2) is 0 Å². The molecule has 0 saturated carbocycles. The molecule has 0 amide bonds. The van der Waals surface area contributed by atoms with E-state index in [0.717, 1.165) is 5.57 Å². The molecule has 0 spiro atoms. The molecule has 3 nitrogen and oxygen atoms in total. The summed E-state index contributed by atoms with van der Waals surface area (Å²) < 4.78 is 0. The van der Waals surface area contributed by atoms with Crippen molar-refractivity contribution in [1.29, 1.82) is 0 Å². The fraction of sp³-hybridized carbons (Fsp3) is 0. The molecular formula is C22H15NO2. The van der Waals surface area contributed by atoms with Crippen molar-refractivity contribution >= 4 is 17.3 Å². The standard InChI is InChI=1S/C22H15NO2/c24-23(25)22-15-6-1-8-16(22)9-7-14-21-19-12-4-2-10-17(19)18-11-3-5-13-20(18)21/h1-15H. The number of para-hydroxylation sites is 1. The topological polar surface area (TPSA) is 43.1 Å². The minimum Gasteiger partial charge on any atom is -0.258 e. The van der Waals surface area contributed by atoms with Crippen molar-refractivity contribution in [3.63, 3.8) is 0 Å². The second-order valence-electron chi connectivity index (χ2n) is 5.85. The highest BCUT2D eigenvalue weighted by Crippen LogP contribution is 2.43. The minimum absolute atomic E-state index is 0.115. The van der Waals surface area contributed by atoms with Crippen molar-refractivity contribution < 1.29 is 4.92 Å². The Morgan fingerprint density at radius 1 is 0.720 bits per heavy atom. The van der Waals surface area contributed by atoms with E-state index in [2.05, 4.69) is 24.3 Å². The summed E-state index contributed by atoms with van der Waals surface area (Å²) in [6.45, 7) is 0. The Kier molecular flexibility index (Phi) is 3.75. The lowest BCUT2D eigenvalue weighted by Gasteiger charge is -2.00. The van der Waals surface area contributed by atoms with Crippen molar-refractivity contribution in [3.05, 3.63) is 112 Å². The van der Waals surface area contributed by atoms with Gasteiger partial charge in [-0.15, -0.1) is 0 Å². The number of fused-ring (bicyclic) bond motifs is 3. The molecule has 0 radical (unpaired) electrons. The van der Waals surface area contributed by atoms with E-state index in [-0.39, 0.29) is 10.6 Å². The quantitative estimate of drug-likeness (QED) is 0.357. The summed E-state index contributed by atoms with van der Waals surface area (Å²) in [5.74, 6) is 0. The van der Waals surface area contributed by atoms with Crippen molar-refractivity contribution in [2.75, 3.05) is 0 Å². The fourth-order valence-electron chi connectivity index (χ4n) is 3.27. The van der Waals surface area contributed by atoms with Gasteiger partial charge in [-0.3, -0.25) is 10.1 Å². The second kappa shape index (κ2) is 6.21. The molecule has 0 aromatic heterocycles. The third-order valence-electron chi connectivity index (χ3n) is 4.40. The van der Waals surface area contributed by atoms with Gasteiger partial charge >= 0.3 is 0 Å². The molecular weight excluding hydrogens is 310 g/mol. The molecule has 0 fully saturated rings. The summed E-state index contributed by atoms with van der Waals surface area (Å²) >= 11 is 0. The first-order valence-electron chi connectivity index (χ1n) is 8.06. The monoisotopic (exact) mass is 325 g/mol. The number of hydrogen-bond donors (Lipinski definition) is 0. The predicted octanol–water partition coefficient (Wildman–Crippen LogP) is 5.72. The average Bonchev–Trinajstić information content (AvgIpc) is 2.96. The van der Waals surface area contributed by atoms with Crippen molar-refractivity contribution in [3.8, 4) is 11.1 Å². The third-order valence-corrected chi connectivity index (χ3v) is 4.40. The molecule has 0 atom stereocenters. The molecule has 0 aliphatic heterocycles. The zero-order valence-electron chi connectivity index (χ0n) is 13.4. The molecule has 25 heavy (non-hydrogen) atoms. The Balaban J connectivity index is 1.77. The highest BCUT2D eigenvalue weighted by molar-refractivity contribution is 6.01. The third kappa shape index (κ3) is 2.66. The largest absolute Gasteiger partial charge is 0.276 e. The second-order valence-corrected chi connectivity index (χ2v) is 5.85. The van der Waals surface area contributed by atoms with Crippen molar-refractivity contribution in [1.82, 2.24) is 0 Å². The number of nitro benzene ring substituents is 1. The van der Waals surface area contributed by atoms with Crippen LogP contribution >= 0.6 is 0 Å². The summed E-state index contributed by atoms with van der Waals surface area (Å²) in [5, 5.41) is 11.1. The van der Waals surface area contributed by atoms with E-state index in [1.807, 2.05) is 36.4 Å². The molecule has 0 heterocycles. The van der Waals surface area contributed by atoms with Gasteiger partial charge in [0.2, 0.25) is 0 Å². The smallest absolute Gasteiger partial charge is 0.258 e. The van der Waals surface area contributed by atoms with Gasteiger partial charge in [0.15, 0.2) is 0 Å². The molecule has 4 rings (SSSR count). The van der Waals surface area contributed by atoms with Crippen LogP contribution in [0.5, 0.6) is 0 Å². The lowest BCUT2D eigenvalue weighted by Crippen LogP contribution is -1.90. The van der Waals surface area contributed by atoms with Crippen LogP contribution in [0.4, 0.5) is 5.69 Å². The Labute approximate surface area is 145 Å². The highest BCUT2D eigenvalue weighted by Gasteiger charge is 2.21. The van der Waals surface area contributed by atoms with Crippen molar-refractivity contribution in [2.24, 2.45) is 0 Å². The Bertz CT molecular complexity index is 984. The van der Waals surface area contributed by atoms with E-state index in [9.17, 15) is 10.1 Å². The number of hydrogen-bond acceptors (Lipinski definition) is 2. The van der Waals surface area contributed by atoms with E-state index in [4.69, 9.17) is 0 Å². The van der Waals surface area contributed by atoms with Crippen LogP contribution in [0.1, 0.15) is 16.7 Å². The minimum atomic E-state index is -0.354. The summed E-state index contributed by atoms with van der Waals surface area (Å²) in [7, 11) is 0. The Hall–Kier alpha value is -3.46. The van der Waals surface area contributed by atoms with Gasteiger partial charge in [-0.2, -0.15) is 0 Å². The zero-order chi connectivity index (χ0) is 17.2. The molecule has 0 N–H and O–H groups in total. The van der Waals surface area contributed by atoms with Gasteiger partial charge < -0.3 is 0 Å². The normalized spacial score (nSPS) is 12.1. The zero-order valence-corrected chi connectivity index (χ0v) is 13.4. The van der Waals surface area contributed by atoms with Gasteiger partial charge in [0.1, 0.15) is 0 Å². The maximum Gasteiger partial charge on any atom is 0.276 e. The number of allylic oxidation sites excluding steroid dienone is 2. The van der Waals surface area contributed by atoms with E-state index < -0.39 is 0 Å². The van der Waals surface area contributed by atoms with Gasteiger partial charge in [0.05, 0.1) is 10.5 Å². The SMILES string of the molecule is O=[N+]([O-])c1ccccc1C=CC=C1c2ccccc2-c2ccccc21. The van der Waals surface area contributed by atoms with Crippen LogP contribution in [0, 0.1) is 10.1 Å². The number of rotatable bonds is 3.